The average Bonchev–Trinajstić information content (AvgIpc) is 2.82. The third kappa shape index (κ3) is 4.42. The number of benzene rings is 2. The van der Waals surface area contributed by atoms with Gasteiger partial charge in [-0.1, -0.05) is 12.1 Å². The van der Waals surface area contributed by atoms with Gasteiger partial charge in [-0.3, -0.25) is 9.69 Å². The van der Waals surface area contributed by atoms with Crippen molar-refractivity contribution in [1.29, 1.82) is 0 Å². The number of fused-ring (bicyclic) bond motifs is 1. The number of anilines is 1. The van der Waals surface area contributed by atoms with E-state index in [2.05, 4.69) is 14.8 Å². The van der Waals surface area contributed by atoms with Crippen LogP contribution in [0.1, 0.15) is 5.56 Å². The van der Waals surface area contributed by atoms with E-state index >= 15 is 0 Å². The molecule has 2 aromatic rings. The zero-order chi connectivity index (χ0) is 18.0. The Morgan fingerprint density at radius 1 is 1.12 bits per heavy atom. The van der Waals surface area contributed by atoms with E-state index in [-0.39, 0.29) is 29.8 Å². The predicted octanol–water partition coefficient (Wildman–Crippen LogP) is 3.22. The minimum atomic E-state index is -3.69. The molecule has 0 saturated carbocycles. The average molecular weight is 352 g/mol. The molecule has 1 aliphatic rings. The van der Waals surface area contributed by atoms with Crippen LogP contribution in [0.2, 0.25) is 0 Å². The van der Waals surface area contributed by atoms with Crippen LogP contribution in [-0.4, -0.2) is 30.7 Å². The van der Waals surface area contributed by atoms with Crippen molar-refractivity contribution in [2.75, 3.05) is 18.9 Å². The molecular weight excluding hydrogens is 337 g/mol. The van der Waals surface area contributed by atoms with E-state index in [1.165, 1.54) is 30.3 Å². The van der Waals surface area contributed by atoms with E-state index < -0.39 is 6.29 Å². The number of likely N-dealkylation sites (N-methyl/N-ethyl adjacent to an activating group) is 1. The van der Waals surface area contributed by atoms with Crippen LogP contribution in [0, 0.1) is 5.82 Å². The molecular formula is C17H15F3N2O3. The lowest BCUT2D eigenvalue weighted by Gasteiger charge is -2.16. The number of alkyl halides is 2. The molecule has 1 heterocycles. The van der Waals surface area contributed by atoms with E-state index in [4.69, 9.17) is 0 Å². The van der Waals surface area contributed by atoms with Gasteiger partial charge in [0.2, 0.25) is 5.91 Å². The molecule has 1 N–H and O–H groups in total. The number of carbonyl (C=O) groups is 1. The number of nitrogens with zero attached hydrogens (tertiary/aromatic N) is 1. The summed E-state index contributed by atoms with van der Waals surface area (Å²) in [6, 6.07) is 10.0. The molecule has 0 aliphatic carbocycles. The van der Waals surface area contributed by atoms with Gasteiger partial charge < -0.3 is 14.8 Å². The molecule has 25 heavy (non-hydrogen) atoms. The monoisotopic (exact) mass is 352 g/mol. The highest BCUT2D eigenvalue weighted by Crippen LogP contribution is 2.42. The molecule has 0 saturated heterocycles. The van der Waals surface area contributed by atoms with Gasteiger partial charge in [-0.15, -0.1) is 8.78 Å². The van der Waals surface area contributed by atoms with E-state index in [0.29, 0.717) is 12.2 Å². The molecule has 0 spiro atoms. The predicted molar refractivity (Wildman–Crippen MR) is 84.0 cm³/mol. The summed E-state index contributed by atoms with van der Waals surface area (Å²) in [5.41, 5.74) is 1.18. The Morgan fingerprint density at radius 2 is 1.80 bits per heavy atom. The maximum atomic E-state index is 13.0. The fourth-order valence-electron chi connectivity index (χ4n) is 2.43. The highest BCUT2D eigenvalue weighted by Gasteiger charge is 2.43. The Balaban J connectivity index is 1.55. The van der Waals surface area contributed by atoms with Gasteiger partial charge in [0.25, 0.3) is 0 Å². The third-order valence-corrected chi connectivity index (χ3v) is 3.46. The number of hydrogen-bond acceptors (Lipinski definition) is 4. The van der Waals surface area contributed by atoms with Crippen LogP contribution in [0.15, 0.2) is 42.5 Å². The molecule has 3 rings (SSSR count). The molecule has 0 radical (unpaired) electrons. The van der Waals surface area contributed by atoms with Crippen molar-refractivity contribution >= 4 is 11.6 Å². The maximum Gasteiger partial charge on any atom is 0.586 e. The third-order valence-electron chi connectivity index (χ3n) is 3.46. The van der Waals surface area contributed by atoms with Crippen molar-refractivity contribution in [2.45, 2.75) is 12.8 Å². The van der Waals surface area contributed by atoms with Crippen LogP contribution < -0.4 is 14.8 Å². The minimum Gasteiger partial charge on any atom is -0.395 e. The van der Waals surface area contributed by atoms with E-state index in [0.717, 1.165) is 5.56 Å². The number of hydrogen-bond donors (Lipinski definition) is 1. The Kier molecular flexibility index (Phi) is 4.54. The standard InChI is InChI=1S/C17H15F3N2O3/c1-22(9-11-2-4-12(18)5-3-11)10-16(23)21-13-6-7-14-15(8-13)25-17(19,20)24-14/h2-8H,9-10H2,1H3,(H,21,23). The van der Waals surface area contributed by atoms with Gasteiger partial charge in [-0.2, -0.15) is 0 Å². The molecule has 0 fully saturated rings. The number of carbonyl (C=O) groups excluding carboxylic acids is 1. The number of amides is 1. The molecule has 8 heteroatoms. The maximum absolute atomic E-state index is 13.0. The Bertz CT molecular complexity index is 781. The fraction of sp³-hybridized carbons (Fsp3) is 0.235. The minimum absolute atomic E-state index is 0.0714. The van der Waals surface area contributed by atoms with Crippen molar-refractivity contribution < 1.29 is 27.4 Å². The molecule has 132 valence electrons. The summed E-state index contributed by atoms with van der Waals surface area (Å²) in [6.45, 7) is 0.531. The first-order valence-corrected chi connectivity index (χ1v) is 7.43. The first-order chi connectivity index (χ1) is 11.8. The summed E-state index contributed by atoms with van der Waals surface area (Å²) >= 11 is 0. The summed E-state index contributed by atoms with van der Waals surface area (Å²) in [6.07, 6.45) is -3.69. The second-order valence-corrected chi connectivity index (χ2v) is 5.68. The first-order valence-electron chi connectivity index (χ1n) is 7.43. The van der Waals surface area contributed by atoms with E-state index in [1.54, 1.807) is 24.1 Å². The van der Waals surface area contributed by atoms with E-state index in [9.17, 15) is 18.0 Å². The van der Waals surface area contributed by atoms with Crippen molar-refractivity contribution in [1.82, 2.24) is 4.90 Å². The highest BCUT2D eigenvalue weighted by molar-refractivity contribution is 5.92. The van der Waals surface area contributed by atoms with Crippen molar-refractivity contribution in [3.63, 3.8) is 0 Å². The number of rotatable bonds is 5. The highest BCUT2D eigenvalue weighted by atomic mass is 19.3. The summed E-state index contributed by atoms with van der Waals surface area (Å²) in [5.74, 6) is -0.869. The topological polar surface area (TPSA) is 50.8 Å². The smallest absolute Gasteiger partial charge is 0.395 e. The molecule has 0 atom stereocenters. The van der Waals surface area contributed by atoms with Crippen molar-refractivity contribution in [3.05, 3.63) is 53.8 Å². The van der Waals surface area contributed by atoms with Gasteiger partial charge in [-0.25, -0.2) is 4.39 Å². The first kappa shape index (κ1) is 17.1. The molecule has 5 nitrogen and oxygen atoms in total. The molecule has 0 unspecified atom stereocenters. The number of nitrogens with one attached hydrogen (secondary N) is 1. The lowest BCUT2D eigenvalue weighted by Crippen LogP contribution is -2.29. The van der Waals surface area contributed by atoms with Gasteiger partial charge >= 0.3 is 6.29 Å². The quantitative estimate of drug-likeness (QED) is 0.898. The van der Waals surface area contributed by atoms with Crippen LogP contribution in [0.25, 0.3) is 0 Å². The zero-order valence-corrected chi connectivity index (χ0v) is 13.3. The summed E-state index contributed by atoms with van der Waals surface area (Å²) in [7, 11) is 1.74. The zero-order valence-electron chi connectivity index (χ0n) is 13.3. The number of ether oxygens (including phenoxy) is 2. The molecule has 2 aromatic carbocycles. The van der Waals surface area contributed by atoms with Crippen molar-refractivity contribution in [2.24, 2.45) is 0 Å². The summed E-state index contributed by atoms with van der Waals surface area (Å²) < 4.78 is 47.5. The van der Waals surface area contributed by atoms with Crippen LogP contribution >= 0.6 is 0 Å². The van der Waals surface area contributed by atoms with Gasteiger partial charge in [-0.05, 0) is 36.9 Å². The molecule has 1 amide bonds. The van der Waals surface area contributed by atoms with Gasteiger partial charge in [0.1, 0.15) is 5.82 Å². The van der Waals surface area contributed by atoms with Crippen LogP contribution in [0.4, 0.5) is 18.9 Å². The summed E-state index contributed by atoms with van der Waals surface area (Å²) in [4.78, 5) is 13.8. The Hall–Kier alpha value is -2.74. The van der Waals surface area contributed by atoms with Crippen LogP contribution in [0.5, 0.6) is 11.5 Å². The normalized spacial score (nSPS) is 14.6. The van der Waals surface area contributed by atoms with Gasteiger partial charge in [0.05, 0.1) is 6.54 Å². The molecule has 0 bridgehead atoms. The SMILES string of the molecule is CN(CC(=O)Nc1ccc2c(c1)OC(F)(F)O2)Cc1ccc(F)cc1. The van der Waals surface area contributed by atoms with Crippen molar-refractivity contribution in [3.8, 4) is 11.5 Å². The molecule has 1 aliphatic heterocycles. The Labute approximate surface area is 142 Å². The second-order valence-electron chi connectivity index (χ2n) is 5.68. The van der Waals surface area contributed by atoms with Gasteiger partial charge in [0, 0.05) is 18.3 Å². The number of halogens is 3. The van der Waals surface area contributed by atoms with Gasteiger partial charge in [0.15, 0.2) is 11.5 Å². The fourth-order valence-corrected chi connectivity index (χ4v) is 2.43. The second kappa shape index (κ2) is 6.64. The largest absolute Gasteiger partial charge is 0.586 e. The van der Waals surface area contributed by atoms with E-state index in [1.807, 2.05) is 0 Å². The van der Waals surface area contributed by atoms with Crippen LogP contribution in [-0.2, 0) is 11.3 Å². The Morgan fingerprint density at radius 3 is 2.52 bits per heavy atom. The lowest BCUT2D eigenvalue weighted by atomic mass is 10.2. The lowest BCUT2D eigenvalue weighted by molar-refractivity contribution is -0.286. The summed E-state index contributed by atoms with van der Waals surface area (Å²) in [5, 5.41) is 2.60. The van der Waals surface area contributed by atoms with Crippen LogP contribution in [0.3, 0.4) is 0 Å². The molecule has 0 aromatic heterocycles.